The number of nitrogens with one attached hydrogen (secondary N) is 1. The Balaban J connectivity index is 1.49. The van der Waals surface area contributed by atoms with E-state index in [-0.39, 0.29) is 17.2 Å². The standard InChI is InChI=1S/C26H32N4OS2/c1-5-14-30-24(23-16-21-15-19(6-2)12-13-22(21)33-23)28-29-26(30)32-18(4)25(31)27-17(3)20-10-8-7-9-11-20/h5,7-11,16-19H,1,6,12-15H2,2-4H3,(H,27,31)/t17-,18+,19+/m0/s1. The lowest BCUT2D eigenvalue weighted by Gasteiger charge is -2.19. The zero-order chi connectivity index (χ0) is 23.4. The number of carbonyl (C=O) groups is 1. The second-order valence-electron chi connectivity index (χ2n) is 8.68. The molecule has 1 aliphatic carbocycles. The highest BCUT2D eigenvalue weighted by Crippen LogP contribution is 2.38. The lowest BCUT2D eigenvalue weighted by Crippen LogP contribution is -2.33. The minimum atomic E-state index is -0.293. The molecule has 2 aromatic heterocycles. The van der Waals surface area contributed by atoms with Crippen molar-refractivity contribution >= 4 is 29.0 Å². The van der Waals surface area contributed by atoms with Crippen LogP contribution in [0.1, 0.15) is 55.7 Å². The molecule has 0 bridgehead atoms. The molecule has 174 valence electrons. The van der Waals surface area contributed by atoms with Crippen molar-refractivity contribution < 1.29 is 4.79 Å². The maximum atomic E-state index is 12.9. The van der Waals surface area contributed by atoms with Crippen molar-refractivity contribution in [2.75, 3.05) is 0 Å². The van der Waals surface area contributed by atoms with Gasteiger partial charge in [-0.05, 0) is 56.2 Å². The summed E-state index contributed by atoms with van der Waals surface area (Å²) in [5.74, 6) is 1.65. The number of rotatable bonds is 9. The molecule has 3 aromatic rings. The quantitative estimate of drug-likeness (QED) is 0.298. The summed E-state index contributed by atoms with van der Waals surface area (Å²) < 4.78 is 2.08. The Morgan fingerprint density at radius 2 is 2.12 bits per heavy atom. The molecule has 0 radical (unpaired) electrons. The van der Waals surface area contributed by atoms with Gasteiger partial charge in [0, 0.05) is 11.4 Å². The van der Waals surface area contributed by atoms with Gasteiger partial charge in [0.25, 0.3) is 0 Å². The Morgan fingerprint density at radius 1 is 1.33 bits per heavy atom. The number of thioether (sulfide) groups is 1. The van der Waals surface area contributed by atoms with Gasteiger partial charge in [-0.2, -0.15) is 0 Å². The first-order valence-electron chi connectivity index (χ1n) is 11.7. The third kappa shape index (κ3) is 5.41. The smallest absolute Gasteiger partial charge is 0.233 e. The number of nitrogens with zero attached hydrogens (tertiary/aromatic N) is 3. The highest BCUT2D eigenvalue weighted by molar-refractivity contribution is 8.00. The number of hydrogen-bond donors (Lipinski definition) is 1. The van der Waals surface area contributed by atoms with Gasteiger partial charge < -0.3 is 5.32 Å². The Labute approximate surface area is 204 Å². The fraction of sp³-hybridized carbons (Fsp3) is 0.423. The van der Waals surface area contributed by atoms with E-state index in [1.165, 1.54) is 35.0 Å². The maximum Gasteiger partial charge on any atom is 0.233 e. The lowest BCUT2D eigenvalue weighted by molar-refractivity contribution is -0.120. The van der Waals surface area contributed by atoms with Gasteiger partial charge in [-0.15, -0.1) is 28.1 Å². The molecule has 1 N–H and O–H groups in total. The van der Waals surface area contributed by atoms with Gasteiger partial charge in [0.2, 0.25) is 5.91 Å². The summed E-state index contributed by atoms with van der Waals surface area (Å²) in [7, 11) is 0. The molecule has 0 unspecified atom stereocenters. The van der Waals surface area contributed by atoms with Gasteiger partial charge in [-0.3, -0.25) is 9.36 Å². The highest BCUT2D eigenvalue weighted by Gasteiger charge is 2.25. The molecule has 0 saturated carbocycles. The average molecular weight is 481 g/mol. The van der Waals surface area contributed by atoms with E-state index in [1.807, 2.05) is 61.6 Å². The van der Waals surface area contributed by atoms with Gasteiger partial charge >= 0.3 is 0 Å². The zero-order valence-corrected chi connectivity index (χ0v) is 21.2. The zero-order valence-electron chi connectivity index (χ0n) is 19.6. The Bertz CT molecular complexity index is 1100. The maximum absolute atomic E-state index is 12.9. The average Bonchev–Trinajstić information content (AvgIpc) is 3.43. The van der Waals surface area contributed by atoms with E-state index in [1.54, 1.807) is 0 Å². The molecule has 3 atom stereocenters. The van der Waals surface area contributed by atoms with Crippen LogP contribution in [0.15, 0.2) is 54.2 Å². The van der Waals surface area contributed by atoms with E-state index in [0.29, 0.717) is 6.54 Å². The fourth-order valence-corrected chi connectivity index (χ4v) is 6.35. The molecular formula is C26H32N4OS2. The molecule has 0 aliphatic heterocycles. The number of fused-ring (bicyclic) bond motifs is 1. The number of amides is 1. The summed E-state index contributed by atoms with van der Waals surface area (Å²) >= 11 is 3.28. The third-order valence-corrected chi connectivity index (χ3v) is 8.63. The molecule has 0 fully saturated rings. The minimum Gasteiger partial charge on any atom is -0.349 e. The number of aryl methyl sites for hydroxylation is 1. The predicted molar refractivity (Wildman–Crippen MR) is 138 cm³/mol. The van der Waals surface area contributed by atoms with Gasteiger partial charge in [0.05, 0.1) is 16.2 Å². The van der Waals surface area contributed by atoms with Crippen LogP contribution in [0.25, 0.3) is 10.7 Å². The minimum absolute atomic E-state index is 0.0109. The number of hydrogen-bond acceptors (Lipinski definition) is 5. The van der Waals surface area contributed by atoms with E-state index < -0.39 is 0 Å². The van der Waals surface area contributed by atoms with E-state index in [4.69, 9.17) is 0 Å². The number of carbonyl (C=O) groups excluding carboxylic acids is 1. The van der Waals surface area contributed by atoms with E-state index in [2.05, 4.69) is 39.7 Å². The molecule has 5 nitrogen and oxygen atoms in total. The molecule has 7 heteroatoms. The van der Waals surface area contributed by atoms with Crippen LogP contribution in [-0.2, 0) is 24.2 Å². The summed E-state index contributed by atoms with van der Waals surface area (Å²) in [5, 5.41) is 12.6. The molecule has 33 heavy (non-hydrogen) atoms. The summed E-state index contributed by atoms with van der Waals surface area (Å²) in [5.41, 5.74) is 2.56. The first-order chi connectivity index (χ1) is 16.0. The largest absolute Gasteiger partial charge is 0.349 e. The summed E-state index contributed by atoms with van der Waals surface area (Å²) in [6.07, 6.45) is 6.70. The first-order valence-corrected chi connectivity index (χ1v) is 13.4. The highest BCUT2D eigenvalue weighted by atomic mass is 32.2. The Hall–Kier alpha value is -2.38. The van der Waals surface area contributed by atoms with E-state index >= 15 is 0 Å². The molecule has 0 saturated heterocycles. The van der Waals surface area contributed by atoms with Crippen LogP contribution < -0.4 is 5.32 Å². The van der Waals surface area contributed by atoms with Crippen molar-refractivity contribution in [3.8, 4) is 10.7 Å². The van der Waals surface area contributed by atoms with Gasteiger partial charge in [-0.1, -0.05) is 61.5 Å². The number of benzene rings is 1. The molecule has 1 aliphatic rings. The molecule has 4 rings (SSSR count). The lowest BCUT2D eigenvalue weighted by atomic mass is 9.87. The Morgan fingerprint density at radius 3 is 2.85 bits per heavy atom. The van der Waals surface area contributed by atoms with Crippen molar-refractivity contribution in [3.63, 3.8) is 0 Å². The van der Waals surface area contributed by atoms with Crippen LogP contribution in [0.2, 0.25) is 0 Å². The molecule has 2 heterocycles. The van der Waals surface area contributed by atoms with Crippen LogP contribution in [0.4, 0.5) is 0 Å². The normalized spacial score (nSPS) is 17.2. The molecule has 0 spiro atoms. The van der Waals surface area contributed by atoms with Gasteiger partial charge in [0.15, 0.2) is 11.0 Å². The van der Waals surface area contributed by atoms with Crippen LogP contribution in [0.3, 0.4) is 0 Å². The van der Waals surface area contributed by atoms with Crippen molar-refractivity contribution in [1.29, 1.82) is 0 Å². The van der Waals surface area contributed by atoms with Crippen molar-refractivity contribution in [1.82, 2.24) is 20.1 Å². The topological polar surface area (TPSA) is 59.8 Å². The van der Waals surface area contributed by atoms with Crippen LogP contribution >= 0.6 is 23.1 Å². The first kappa shape index (κ1) is 23.8. The van der Waals surface area contributed by atoms with E-state index in [9.17, 15) is 4.79 Å². The molecule has 1 aromatic carbocycles. The SMILES string of the molecule is C=CCn1c(S[C@H](C)C(=O)N[C@@H](C)c2ccccc2)nnc1-c1cc2c(s1)CC[C@@H](CC)C2. The third-order valence-electron chi connectivity index (χ3n) is 6.32. The number of aromatic nitrogens is 3. The van der Waals surface area contributed by atoms with Crippen LogP contribution in [0.5, 0.6) is 0 Å². The predicted octanol–water partition coefficient (Wildman–Crippen LogP) is 6.07. The summed E-state index contributed by atoms with van der Waals surface area (Å²) in [6.45, 7) is 10.7. The summed E-state index contributed by atoms with van der Waals surface area (Å²) in [4.78, 5) is 15.5. The van der Waals surface area contributed by atoms with Crippen molar-refractivity contribution in [2.45, 2.75) is 69.4 Å². The number of allylic oxidation sites excluding steroid dienone is 1. The Kier molecular flexibility index (Phi) is 7.71. The van der Waals surface area contributed by atoms with Crippen LogP contribution in [-0.4, -0.2) is 25.9 Å². The van der Waals surface area contributed by atoms with Gasteiger partial charge in [-0.25, -0.2) is 0 Å². The van der Waals surface area contributed by atoms with Crippen molar-refractivity contribution in [2.24, 2.45) is 5.92 Å². The fourth-order valence-electron chi connectivity index (χ4n) is 4.28. The molecule has 1 amide bonds. The monoisotopic (exact) mass is 480 g/mol. The second-order valence-corrected chi connectivity index (χ2v) is 11.1. The number of thiophene rings is 1. The van der Waals surface area contributed by atoms with E-state index in [0.717, 1.165) is 40.2 Å². The second kappa shape index (κ2) is 10.7. The van der Waals surface area contributed by atoms with Crippen molar-refractivity contribution in [3.05, 3.63) is 65.1 Å². The summed E-state index contributed by atoms with van der Waals surface area (Å²) in [6, 6.07) is 12.3. The van der Waals surface area contributed by atoms with Gasteiger partial charge in [0.1, 0.15) is 0 Å². The van der Waals surface area contributed by atoms with Crippen LogP contribution in [0, 0.1) is 5.92 Å². The molecular weight excluding hydrogens is 448 g/mol.